The normalized spacial score (nSPS) is 11.3. The first kappa shape index (κ1) is 19.1. The van der Waals surface area contributed by atoms with Gasteiger partial charge < -0.3 is 24.6 Å². The molecule has 0 spiro atoms. The Bertz CT molecular complexity index is 747. The van der Waals surface area contributed by atoms with Crippen LogP contribution in [0.4, 0.5) is 4.79 Å². The summed E-state index contributed by atoms with van der Waals surface area (Å²) in [5, 5.41) is 11.8. The van der Waals surface area contributed by atoms with Crippen molar-refractivity contribution in [1.82, 2.24) is 5.32 Å². The van der Waals surface area contributed by atoms with Crippen LogP contribution in [-0.2, 0) is 16.1 Å². The lowest BCUT2D eigenvalue weighted by Crippen LogP contribution is -2.31. The Labute approximate surface area is 151 Å². The van der Waals surface area contributed by atoms with Crippen molar-refractivity contribution >= 4 is 12.1 Å². The molecule has 0 radical (unpaired) electrons. The molecular weight excluding hydrogens is 338 g/mol. The number of benzene rings is 2. The fourth-order valence-corrected chi connectivity index (χ4v) is 2.51. The van der Waals surface area contributed by atoms with E-state index in [1.807, 2.05) is 30.3 Å². The highest BCUT2D eigenvalue weighted by Gasteiger charge is 2.24. The second-order valence-electron chi connectivity index (χ2n) is 5.44. The van der Waals surface area contributed by atoms with Crippen molar-refractivity contribution < 1.29 is 28.9 Å². The number of amides is 1. The summed E-state index contributed by atoms with van der Waals surface area (Å²) in [4.78, 5) is 23.4. The molecular formula is C19H21NO6. The molecule has 1 atom stereocenters. The second kappa shape index (κ2) is 9.31. The second-order valence-corrected chi connectivity index (χ2v) is 5.44. The van der Waals surface area contributed by atoms with Crippen LogP contribution in [0.2, 0.25) is 0 Å². The molecule has 0 heterocycles. The molecule has 2 aromatic rings. The Kier molecular flexibility index (Phi) is 6.84. The molecule has 0 aliphatic heterocycles. The summed E-state index contributed by atoms with van der Waals surface area (Å²) < 4.78 is 15.7. The fourth-order valence-electron chi connectivity index (χ4n) is 2.51. The number of hydrogen-bond donors (Lipinski definition) is 2. The van der Waals surface area contributed by atoms with E-state index in [-0.39, 0.29) is 13.0 Å². The molecule has 0 unspecified atom stereocenters. The third-order valence-corrected chi connectivity index (χ3v) is 3.69. The molecule has 2 N–H and O–H groups in total. The van der Waals surface area contributed by atoms with E-state index in [4.69, 9.17) is 14.2 Å². The van der Waals surface area contributed by atoms with Gasteiger partial charge in [0.2, 0.25) is 0 Å². The summed E-state index contributed by atoms with van der Waals surface area (Å²) in [5.41, 5.74) is 1.32. The molecule has 0 bridgehead atoms. The van der Waals surface area contributed by atoms with E-state index in [9.17, 15) is 14.7 Å². The average Bonchev–Trinajstić information content (AvgIpc) is 2.65. The monoisotopic (exact) mass is 359 g/mol. The molecule has 0 aromatic heterocycles. The molecule has 1 amide bonds. The van der Waals surface area contributed by atoms with Gasteiger partial charge in [-0.05, 0) is 11.6 Å². The minimum Gasteiger partial charge on any atom is -0.493 e. The number of ether oxygens (including phenoxy) is 3. The summed E-state index contributed by atoms with van der Waals surface area (Å²) >= 11 is 0. The van der Waals surface area contributed by atoms with E-state index in [0.717, 1.165) is 5.56 Å². The van der Waals surface area contributed by atoms with Gasteiger partial charge in [0, 0.05) is 5.56 Å². The van der Waals surface area contributed by atoms with Crippen molar-refractivity contribution in [2.75, 3.05) is 14.2 Å². The minimum absolute atomic E-state index is 0.0850. The van der Waals surface area contributed by atoms with E-state index < -0.39 is 18.1 Å². The molecule has 0 saturated heterocycles. The topological polar surface area (TPSA) is 94.1 Å². The molecule has 2 rings (SSSR count). The first-order valence-electron chi connectivity index (χ1n) is 7.95. The Balaban J connectivity index is 2.15. The third kappa shape index (κ3) is 5.14. The average molecular weight is 359 g/mol. The van der Waals surface area contributed by atoms with Crippen LogP contribution in [-0.4, -0.2) is 31.4 Å². The number of aliphatic carboxylic acids is 1. The van der Waals surface area contributed by atoms with E-state index in [1.54, 1.807) is 18.2 Å². The standard InChI is InChI=1S/C19H21NO6/c1-24-16-10-6-9-14(18(16)25-2)15(11-17(21)22)20-19(23)26-12-13-7-4-3-5-8-13/h3-10,15H,11-12H2,1-2H3,(H,20,23)(H,21,22)/t15-/m1/s1. The zero-order chi connectivity index (χ0) is 18.9. The van der Waals surface area contributed by atoms with Crippen molar-refractivity contribution in [2.45, 2.75) is 19.1 Å². The maximum atomic E-state index is 12.1. The molecule has 0 fully saturated rings. The molecule has 26 heavy (non-hydrogen) atoms. The molecule has 0 saturated carbocycles. The van der Waals surface area contributed by atoms with Crippen LogP contribution in [0.15, 0.2) is 48.5 Å². The van der Waals surface area contributed by atoms with Gasteiger partial charge in [0.25, 0.3) is 0 Å². The zero-order valence-electron chi connectivity index (χ0n) is 14.6. The van der Waals surface area contributed by atoms with Crippen molar-refractivity contribution in [1.29, 1.82) is 0 Å². The summed E-state index contributed by atoms with van der Waals surface area (Å²) in [6.07, 6.45) is -1.05. The number of carbonyl (C=O) groups excluding carboxylic acids is 1. The summed E-state index contributed by atoms with van der Waals surface area (Å²) in [6.45, 7) is 0.0850. The lowest BCUT2D eigenvalue weighted by atomic mass is 10.0. The molecule has 7 heteroatoms. The van der Waals surface area contributed by atoms with Crippen molar-refractivity contribution in [3.05, 3.63) is 59.7 Å². The van der Waals surface area contributed by atoms with Crippen LogP contribution < -0.4 is 14.8 Å². The molecule has 2 aromatic carbocycles. The van der Waals surface area contributed by atoms with Crippen LogP contribution in [0.5, 0.6) is 11.5 Å². The molecule has 0 aliphatic rings. The predicted octanol–water partition coefficient (Wildman–Crippen LogP) is 3.15. The molecule has 0 aliphatic carbocycles. The highest BCUT2D eigenvalue weighted by atomic mass is 16.5. The third-order valence-electron chi connectivity index (χ3n) is 3.69. The van der Waals surface area contributed by atoms with E-state index in [0.29, 0.717) is 17.1 Å². The van der Waals surface area contributed by atoms with Gasteiger partial charge in [-0.15, -0.1) is 0 Å². The summed E-state index contributed by atoms with van der Waals surface area (Å²) in [5.74, 6) is -0.257. The van der Waals surface area contributed by atoms with Gasteiger partial charge in [0.05, 0.1) is 26.7 Å². The Morgan fingerprint density at radius 1 is 1.04 bits per heavy atom. The van der Waals surface area contributed by atoms with Crippen LogP contribution in [0, 0.1) is 0 Å². The highest BCUT2D eigenvalue weighted by molar-refractivity contribution is 5.72. The number of para-hydroxylation sites is 1. The summed E-state index contributed by atoms with van der Waals surface area (Å²) in [6, 6.07) is 13.4. The number of rotatable bonds is 8. The van der Waals surface area contributed by atoms with Gasteiger partial charge in [-0.1, -0.05) is 42.5 Å². The Morgan fingerprint density at radius 2 is 1.77 bits per heavy atom. The molecule has 7 nitrogen and oxygen atoms in total. The highest BCUT2D eigenvalue weighted by Crippen LogP contribution is 2.35. The lowest BCUT2D eigenvalue weighted by molar-refractivity contribution is -0.137. The Morgan fingerprint density at radius 3 is 2.38 bits per heavy atom. The quantitative estimate of drug-likeness (QED) is 0.752. The number of alkyl carbamates (subject to hydrolysis) is 1. The van der Waals surface area contributed by atoms with Crippen LogP contribution >= 0.6 is 0 Å². The van der Waals surface area contributed by atoms with Gasteiger partial charge in [-0.2, -0.15) is 0 Å². The van der Waals surface area contributed by atoms with Crippen molar-refractivity contribution in [3.63, 3.8) is 0 Å². The summed E-state index contributed by atoms with van der Waals surface area (Å²) in [7, 11) is 2.93. The van der Waals surface area contributed by atoms with Crippen LogP contribution in [0.3, 0.4) is 0 Å². The number of nitrogens with one attached hydrogen (secondary N) is 1. The van der Waals surface area contributed by atoms with Gasteiger partial charge >= 0.3 is 12.1 Å². The van der Waals surface area contributed by atoms with Gasteiger partial charge in [0.1, 0.15) is 6.61 Å². The minimum atomic E-state index is -1.07. The fraction of sp³-hybridized carbons (Fsp3) is 0.263. The largest absolute Gasteiger partial charge is 0.493 e. The SMILES string of the molecule is COc1cccc([C@@H](CC(=O)O)NC(=O)OCc2ccccc2)c1OC. The number of carbonyl (C=O) groups is 2. The van der Waals surface area contributed by atoms with E-state index in [2.05, 4.69) is 5.32 Å². The lowest BCUT2D eigenvalue weighted by Gasteiger charge is -2.21. The van der Waals surface area contributed by atoms with Gasteiger partial charge in [-0.25, -0.2) is 4.79 Å². The van der Waals surface area contributed by atoms with Gasteiger partial charge in [-0.3, -0.25) is 4.79 Å². The number of carboxylic acids is 1. The number of hydrogen-bond acceptors (Lipinski definition) is 5. The first-order chi connectivity index (χ1) is 12.5. The van der Waals surface area contributed by atoms with Crippen molar-refractivity contribution in [3.8, 4) is 11.5 Å². The first-order valence-corrected chi connectivity index (χ1v) is 7.95. The smallest absolute Gasteiger partial charge is 0.407 e. The maximum absolute atomic E-state index is 12.1. The zero-order valence-corrected chi connectivity index (χ0v) is 14.6. The predicted molar refractivity (Wildman–Crippen MR) is 94.3 cm³/mol. The van der Waals surface area contributed by atoms with E-state index >= 15 is 0 Å². The van der Waals surface area contributed by atoms with Crippen LogP contribution in [0.25, 0.3) is 0 Å². The molecule has 138 valence electrons. The number of carboxylic acid groups (broad SMARTS) is 1. The Hall–Kier alpha value is -3.22. The van der Waals surface area contributed by atoms with Gasteiger partial charge in [0.15, 0.2) is 11.5 Å². The van der Waals surface area contributed by atoms with E-state index in [1.165, 1.54) is 14.2 Å². The van der Waals surface area contributed by atoms with Crippen LogP contribution in [0.1, 0.15) is 23.6 Å². The van der Waals surface area contributed by atoms with Crippen molar-refractivity contribution in [2.24, 2.45) is 0 Å². The maximum Gasteiger partial charge on any atom is 0.407 e. The number of methoxy groups -OCH3 is 2.